The zero-order valence-corrected chi connectivity index (χ0v) is 23.1. The van der Waals surface area contributed by atoms with Gasteiger partial charge in [-0.25, -0.2) is 0 Å². The first kappa shape index (κ1) is 23.8. The Labute approximate surface area is 202 Å². The van der Waals surface area contributed by atoms with Crippen LogP contribution in [-0.4, -0.2) is 15.4 Å². The van der Waals surface area contributed by atoms with Gasteiger partial charge in [0.25, 0.3) is 0 Å². The first-order chi connectivity index (χ1) is 14.1. The van der Waals surface area contributed by atoms with E-state index in [9.17, 15) is 4.79 Å². The molecule has 4 aliphatic rings. The number of carbonyl (C=O) groups is 1. The molecule has 4 saturated carbocycles. The highest BCUT2D eigenvalue weighted by atomic mass is 79.9. The molecule has 10 atom stereocenters. The summed E-state index contributed by atoms with van der Waals surface area (Å²) >= 11 is 8.07. The molecule has 4 fully saturated rings. The number of carbonyl (C=O) groups excluding carboxylic acids is 1. The molecule has 1 nitrogen and oxygen atoms in total. The van der Waals surface area contributed by atoms with Crippen molar-refractivity contribution in [3.63, 3.8) is 0 Å². The molecule has 4 aliphatic carbocycles. The second kappa shape index (κ2) is 8.77. The number of halogens is 2. The predicted molar refractivity (Wildman–Crippen MR) is 134 cm³/mol. The average Bonchev–Trinajstić information content (AvgIpc) is 2.90. The molecule has 30 heavy (non-hydrogen) atoms. The maximum Gasteiger partial charge on any atom is 0.137 e. The summed E-state index contributed by atoms with van der Waals surface area (Å²) in [6.45, 7) is 12.2. The van der Waals surface area contributed by atoms with Gasteiger partial charge in [0.1, 0.15) is 5.78 Å². The van der Waals surface area contributed by atoms with Crippen molar-refractivity contribution in [2.45, 2.75) is 108 Å². The van der Waals surface area contributed by atoms with Gasteiger partial charge in [-0.3, -0.25) is 4.79 Å². The lowest BCUT2D eigenvalue weighted by Crippen LogP contribution is -2.56. The molecule has 0 aliphatic heterocycles. The monoisotopic (exact) mass is 542 g/mol. The van der Waals surface area contributed by atoms with Gasteiger partial charge in [0.05, 0.1) is 0 Å². The Morgan fingerprint density at radius 1 is 0.967 bits per heavy atom. The van der Waals surface area contributed by atoms with E-state index < -0.39 is 0 Å². The molecule has 172 valence electrons. The van der Waals surface area contributed by atoms with Gasteiger partial charge >= 0.3 is 0 Å². The summed E-state index contributed by atoms with van der Waals surface area (Å²) in [7, 11) is 0. The van der Waals surface area contributed by atoms with E-state index in [1.54, 1.807) is 0 Å². The topological polar surface area (TPSA) is 17.1 Å². The summed E-state index contributed by atoms with van der Waals surface area (Å²) in [5, 5.41) is 0. The molecule has 0 bridgehead atoms. The smallest absolute Gasteiger partial charge is 0.137 e. The average molecular weight is 544 g/mol. The number of hydrogen-bond donors (Lipinski definition) is 0. The van der Waals surface area contributed by atoms with Crippen LogP contribution < -0.4 is 0 Å². The van der Waals surface area contributed by atoms with Gasteiger partial charge in [0.2, 0.25) is 0 Å². The van der Waals surface area contributed by atoms with E-state index in [-0.39, 0.29) is 5.41 Å². The Morgan fingerprint density at radius 3 is 2.40 bits per heavy atom. The lowest BCUT2D eigenvalue weighted by Gasteiger charge is -2.62. The summed E-state index contributed by atoms with van der Waals surface area (Å²) in [4.78, 5) is 14.7. The molecule has 0 radical (unpaired) electrons. The Bertz CT molecular complexity index is 647. The molecule has 3 unspecified atom stereocenters. The Hall–Kier alpha value is 0.630. The molecule has 0 aromatic heterocycles. The van der Waals surface area contributed by atoms with E-state index in [4.69, 9.17) is 0 Å². The highest BCUT2D eigenvalue weighted by molar-refractivity contribution is 9.10. The van der Waals surface area contributed by atoms with Gasteiger partial charge in [-0.15, -0.1) is 0 Å². The standard InChI is InChI=1S/C27H44Br2O/c1-16(2)7-6-8-17(3)25-24(30)14-22-19-9-10-21-23(29)13-18(28)15-27(21,5)20(19)11-12-26(22,25)4/h16-23,25H,6-15H2,1-5H3/t17-,18?,19-,20+,21?,22+,23?,25+,26+,27-/m1/s1. The Kier molecular flexibility index (Phi) is 6.95. The van der Waals surface area contributed by atoms with Crippen molar-refractivity contribution in [1.82, 2.24) is 0 Å². The number of Topliss-reactive ketones (excluding diaryl/α,β-unsaturated/α-hetero) is 1. The van der Waals surface area contributed by atoms with E-state index in [0.717, 1.165) is 30.1 Å². The van der Waals surface area contributed by atoms with Gasteiger partial charge in [-0.1, -0.05) is 79.3 Å². The van der Waals surface area contributed by atoms with Gasteiger partial charge in [-0.2, -0.15) is 0 Å². The lowest BCUT2D eigenvalue weighted by molar-refractivity contribution is -0.126. The van der Waals surface area contributed by atoms with E-state index >= 15 is 0 Å². The van der Waals surface area contributed by atoms with Gasteiger partial charge in [-0.05, 0) is 91.3 Å². The van der Waals surface area contributed by atoms with Crippen LogP contribution in [0.3, 0.4) is 0 Å². The van der Waals surface area contributed by atoms with Crippen LogP contribution in [0, 0.1) is 52.3 Å². The first-order valence-corrected chi connectivity index (χ1v) is 14.7. The third kappa shape index (κ3) is 3.92. The quantitative estimate of drug-likeness (QED) is 0.318. The van der Waals surface area contributed by atoms with Crippen LogP contribution in [-0.2, 0) is 4.79 Å². The SMILES string of the molecule is CC(C)CCC[C@@H](C)[C@H]1C(=O)C[C@H]2[C@@H]3CCC4C(Br)CC(Br)C[C@]4(C)[C@H]3CC[C@]12C. The van der Waals surface area contributed by atoms with Crippen molar-refractivity contribution in [2.75, 3.05) is 0 Å². The molecule has 3 heteroatoms. The zero-order valence-electron chi connectivity index (χ0n) is 19.9. The largest absolute Gasteiger partial charge is 0.299 e. The normalized spacial score (nSPS) is 49.5. The van der Waals surface area contributed by atoms with Crippen LogP contribution in [0.4, 0.5) is 0 Å². The molecule has 0 aromatic rings. The van der Waals surface area contributed by atoms with Gasteiger partial charge in [0.15, 0.2) is 0 Å². The minimum Gasteiger partial charge on any atom is -0.299 e. The lowest BCUT2D eigenvalue weighted by atomic mass is 9.44. The third-order valence-electron chi connectivity index (χ3n) is 10.4. The summed E-state index contributed by atoms with van der Waals surface area (Å²) in [5.74, 6) is 5.33. The van der Waals surface area contributed by atoms with Crippen molar-refractivity contribution in [1.29, 1.82) is 0 Å². The summed E-state index contributed by atoms with van der Waals surface area (Å²) < 4.78 is 0. The maximum absolute atomic E-state index is 13.4. The molecule has 0 spiro atoms. The van der Waals surface area contributed by atoms with Crippen molar-refractivity contribution in [2.24, 2.45) is 52.3 Å². The van der Waals surface area contributed by atoms with E-state index in [1.807, 2.05) is 0 Å². The van der Waals surface area contributed by atoms with Crippen LogP contribution in [0.25, 0.3) is 0 Å². The summed E-state index contributed by atoms with van der Waals surface area (Å²) in [6.07, 6.45) is 12.7. The van der Waals surface area contributed by atoms with Crippen molar-refractivity contribution in [3.8, 4) is 0 Å². The molecule has 0 aromatic carbocycles. The second-order valence-electron chi connectivity index (χ2n) is 12.6. The van der Waals surface area contributed by atoms with E-state index in [2.05, 4.69) is 66.5 Å². The molecule has 4 rings (SSSR count). The maximum atomic E-state index is 13.4. The number of ketones is 1. The number of rotatable bonds is 5. The molecule has 0 N–H and O–H groups in total. The van der Waals surface area contributed by atoms with Crippen LogP contribution in [0.1, 0.15) is 98.8 Å². The molecule has 0 amide bonds. The fraction of sp³-hybridized carbons (Fsp3) is 0.963. The van der Waals surface area contributed by atoms with Crippen LogP contribution in [0.2, 0.25) is 0 Å². The zero-order chi connectivity index (χ0) is 21.8. The van der Waals surface area contributed by atoms with Crippen molar-refractivity contribution >= 4 is 37.6 Å². The molecular weight excluding hydrogens is 500 g/mol. The first-order valence-electron chi connectivity index (χ1n) is 12.9. The minimum absolute atomic E-state index is 0.259. The predicted octanol–water partition coefficient (Wildman–Crippen LogP) is 8.42. The Morgan fingerprint density at radius 2 is 1.70 bits per heavy atom. The van der Waals surface area contributed by atoms with E-state index in [0.29, 0.717) is 38.6 Å². The third-order valence-corrected chi connectivity index (χ3v) is 12.2. The van der Waals surface area contributed by atoms with Gasteiger partial charge < -0.3 is 0 Å². The minimum atomic E-state index is 0.259. The van der Waals surface area contributed by atoms with Crippen LogP contribution in [0.5, 0.6) is 0 Å². The number of hydrogen-bond acceptors (Lipinski definition) is 1. The van der Waals surface area contributed by atoms with Crippen LogP contribution in [0.15, 0.2) is 0 Å². The number of fused-ring (bicyclic) bond motifs is 5. The Balaban J connectivity index is 1.54. The summed E-state index contributed by atoms with van der Waals surface area (Å²) in [6, 6.07) is 0. The van der Waals surface area contributed by atoms with E-state index in [1.165, 1.54) is 57.8 Å². The summed E-state index contributed by atoms with van der Waals surface area (Å²) in [5.41, 5.74) is 0.698. The molecule has 0 heterocycles. The van der Waals surface area contributed by atoms with Crippen molar-refractivity contribution in [3.05, 3.63) is 0 Å². The molecular formula is C27H44Br2O. The van der Waals surface area contributed by atoms with Crippen molar-refractivity contribution < 1.29 is 4.79 Å². The molecule has 0 saturated heterocycles. The highest BCUT2D eigenvalue weighted by Crippen LogP contribution is 2.68. The fourth-order valence-electron chi connectivity index (χ4n) is 9.16. The second-order valence-corrected chi connectivity index (χ2v) is 15.1. The highest BCUT2D eigenvalue weighted by Gasteiger charge is 2.63. The fourth-order valence-corrected chi connectivity index (χ4v) is 12.1. The number of alkyl halides is 2. The van der Waals surface area contributed by atoms with Crippen LogP contribution >= 0.6 is 31.9 Å². The van der Waals surface area contributed by atoms with Gasteiger partial charge in [0, 0.05) is 22.0 Å².